The topological polar surface area (TPSA) is 161 Å². The van der Waals surface area contributed by atoms with E-state index in [1.807, 2.05) is 93.6 Å². The van der Waals surface area contributed by atoms with Crippen LogP contribution in [0.1, 0.15) is 40.4 Å². The van der Waals surface area contributed by atoms with Gasteiger partial charge in [0.25, 0.3) is 11.8 Å². The van der Waals surface area contributed by atoms with Crippen molar-refractivity contribution in [2.45, 2.75) is 20.8 Å². The first-order valence-electron chi connectivity index (χ1n) is 14.4. The highest BCUT2D eigenvalue weighted by Gasteiger charge is 2.15. The minimum Gasteiger partial charge on any atom is -0.508 e. The number of fused-ring (bicyclic) bond motifs is 3. The molecule has 9 heteroatoms. The molecule has 0 aliphatic heterocycles. The fourth-order valence-electron chi connectivity index (χ4n) is 5.17. The van der Waals surface area contributed by atoms with Crippen LogP contribution in [-0.4, -0.2) is 37.1 Å². The highest BCUT2D eigenvalue weighted by atomic mass is 16.3. The third-order valence-electron chi connectivity index (χ3n) is 7.31. The van der Waals surface area contributed by atoms with Gasteiger partial charge in [-0.3, -0.25) is 14.7 Å². The molecule has 0 fully saturated rings. The van der Waals surface area contributed by atoms with E-state index >= 15 is 0 Å². The summed E-state index contributed by atoms with van der Waals surface area (Å²) < 4.78 is 0. The molecule has 0 unspecified atom stereocenters. The predicted molar refractivity (Wildman–Crippen MR) is 179 cm³/mol. The van der Waals surface area contributed by atoms with Crippen LogP contribution in [0.2, 0.25) is 0 Å². The van der Waals surface area contributed by atoms with Crippen molar-refractivity contribution in [2.75, 3.05) is 0 Å². The van der Waals surface area contributed by atoms with E-state index in [0.29, 0.717) is 5.52 Å². The molecule has 0 saturated carbocycles. The third-order valence-corrected chi connectivity index (χ3v) is 7.31. The zero-order chi connectivity index (χ0) is 32.1. The van der Waals surface area contributed by atoms with Crippen LogP contribution >= 0.6 is 0 Å². The number of aromatic nitrogens is 4. The summed E-state index contributed by atoms with van der Waals surface area (Å²) in [5.41, 5.74) is 18.0. The van der Waals surface area contributed by atoms with E-state index in [0.717, 1.165) is 55.0 Å². The minimum absolute atomic E-state index is 0.214. The van der Waals surface area contributed by atoms with Gasteiger partial charge in [0, 0.05) is 16.2 Å². The molecule has 0 aliphatic carbocycles. The van der Waals surface area contributed by atoms with Crippen molar-refractivity contribution in [1.29, 1.82) is 0 Å². The van der Waals surface area contributed by atoms with Gasteiger partial charge in [0.1, 0.15) is 17.1 Å². The van der Waals surface area contributed by atoms with Crippen LogP contribution in [0.5, 0.6) is 5.75 Å². The number of aromatic amines is 1. The van der Waals surface area contributed by atoms with E-state index in [1.165, 1.54) is 0 Å². The number of nitrogens with two attached hydrogens (primary N) is 2. The molecular weight excluding hydrogens is 564 g/mol. The predicted octanol–water partition coefficient (Wildman–Crippen LogP) is 6.92. The number of nitrogens with zero attached hydrogens (tertiary/aromatic N) is 3. The molecule has 3 aromatic heterocycles. The lowest BCUT2D eigenvalue weighted by molar-refractivity contribution is 0.0987. The molecule has 0 bridgehead atoms. The fourth-order valence-corrected chi connectivity index (χ4v) is 5.17. The average Bonchev–Trinajstić information content (AvgIpc) is 3.56. The van der Waals surface area contributed by atoms with Gasteiger partial charge in [-0.2, -0.15) is 5.10 Å². The number of amides is 2. The number of H-pyrrole nitrogens is 1. The maximum absolute atomic E-state index is 11.6. The maximum atomic E-state index is 11.6. The average molecular weight is 597 g/mol. The molecule has 6 N–H and O–H groups in total. The Labute approximate surface area is 259 Å². The molecule has 9 nitrogen and oxygen atoms in total. The van der Waals surface area contributed by atoms with E-state index < -0.39 is 11.8 Å². The van der Waals surface area contributed by atoms with Crippen molar-refractivity contribution in [3.05, 3.63) is 120 Å². The molecular formula is C36H32N6O3. The summed E-state index contributed by atoms with van der Waals surface area (Å²) in [5.74, 6) is -0.889. The Morgan fingerprint density at radius 2 is 1.16 bits per heavy atom. The number of para-hydroxylation sites is 2. The van der Waals surface area contributed by atoms with Gasteiger partial charge in [0.15, 0.2) is 0 Å². The fraction of sp³-hybridized carbons (Fsp3) is 0.0833. The molecule has 0 saturated heterocycles. The molecule has 7 aromatic rings. The van der Waals surface area contributed by atoms with E-state index in [9.17, 15) is 14.7 Å². The van der Waals surface area contributed by atoms with Crippen molar-refractivity contribution in [1.82, 2.24) is 20.2 Å². The Hall–Kier alpha value is -6.09. The Morgan fingerprint density at radius 3 is 1.73 bits per heavy atom. The van der Waals surface area contributed by atoms with Gasteiger partial charge in [-0.1, -0.05) is 74.5 Å². The first-order valence-corrected chi connectivity index (χ1v) is 14.4. The zero-order valence-corrected chi connectivity index (χ0v) is 25.1. The van der Waals surface area contributed by atoms with Gasteiger partial charge < -0.3 is 16.6 Å². The lowest BCUT2D eigenvalue weighted by atomic mass is 9.96. The summed E-state index contributed by atoms with van der Waals surface area (Å²) in [6.07, 6.45) is 1.78. The largest absolute Gasteiger partial charge is 0.508 e. The van der Waals surface area contributed by atoms with Crippen molar-refractivity contribution in [2.24, 2.45) is 11.5 Å². The number of hydrogen-bond acceptors (Lipinski definition) is 6. The Morgan fingerprint density at radius 1 is 0.644 bits per heavy atom. The zero-order valence-electron chi connectivity index (χ0n) is 25.1. The summed E-state index contributed by atoms with van der Waals surface area (Å²) in [6.45, 7) is 5.84. The van der Waals surface area contributed by atoms with Crippen molar-refractivity contribution < 1.29 is 14.7 Å². The second-order valence-corrected chi connectivity index (χ2v) is 9.96. The molecule has 0 atom stereocenters. The first kappa shape index (κ1) is 30.4. The highest BCUT2D eigenvalue weighted by molar-refractivity contribution is 6.06. The molecule has 7 rings (SSSR count). The van der Waals surface area contributed by atoms with Crippen LogP contribution in [0.15, 0.2) is 103 Å². The summed E-state index contributed by atoms with van der Waals surface area (Å²) in [5, 5.41) is 19.8. The molecule has 45 heavy (non-hydrogen) atoms. The molecule has 2 amide bonds. The molecule has 4 aromatic carbocycles. The minimum atomic E-state index is -0.570. The molecule has 0 aliphatic rings. The Bertz CT molecular complexity index is 2190. The second kappa shape index (κ2) is 13.0. The van der Waals surface area contributed by atoms with E-state index in [-0.39, 0.29) is 17.1 Å². The van der Waals surface area contributed by atoms with Gasteiger partial charge >= 0.3 is 0 Å². The lowest BCUT2D eigenvalue weighted by Gasteiger charge is -2.12. The van der Waals surface area contributed by atoms with E-state index in [1.54, 1.807) is 30.5 Å². The van der Waals surface area contributed by atoms with Crippen molar-refractivity contribution in [3.63, 3.8) is 0 Å². The number of benzene rings is 4. The number of aromatic hydroxyl groups is 1. The number of carbonyl (C=O) groups is 2. The Balaban J connectivity index is 0.000000169. The summed E-state index contributed by atoms with van der Waals surface area (Å²) >= 11 is 0. The van der Waals surface area contributed by atoms with Crippen LogP contribution in [0.4, 0.5) is 0 Å². The lowest BCUT2D eigenvalue weighted by Crippen LogP contribution is -2.13. The number of carbonyl (C=O) groups excluding carboxylic acids is 2. The second-order valence-electron chi connectivity index (χ2n) is 9.96. The maximum Gasteiger partial charge on any atom is 0.267 e. The van der Waals surface area contributed by atoms with Gasteiger partial charge in [-0.25, -0.2) is 9.97 Å². The van der Waals surface area contributed by atoms with Crippen LogP contribution in [0.3, 0.4) is 0 Å². The third kappa shape index (κ3) is 6.05. The molecule has 3 heterocycles. The van der Waals surface area contributed by atoms with Gasteiger partial charge in [-0.15, -0.1) is 0 Å². The van der Waals surface area contributed by atoms with Crippen LogP contribution in [-0.2, 0) is 0 Å². The number of phenols is 1. The highest BCUT2D eigenvalue weighted by Crippen LogP contribution is 2.35. The first-order chi connectivity index (χ1) is 21.8. The molecule has 0 spiro atoms. The van der Waals surface area contributed by atoms with Crippen LogP contribution in [0.25, 0.3) is 55.0 Å². The summed E-state index contributed by atoms with van der Waals surface area (Å²) in [4.78, 5) is 31.7. The summed E-state index contributed by atoms with van der Waals surface area (Å²) in [6, 6.07) is 29.9. The smallest absolute Gasteiger partial charge is 0.267 e. The van der Waals surface area contributed by atoms with Crippen molar-refractivity contribution >= 4 is 44.5 Å². The standard InChI is InChI=1S/C17H12N4O.C17H14N2O2.C2H6/c18-17(22)16-8-12(11-4-1-2-6-14(11)20-16)10-5-3-7-15-13(10)9-19-21-15;1-10-11(6-4-8-16(10)20)13-9-15(17(18)21)19-14-7-3-2-5-12(13)14;1-2/h1-9H,(H2,18,22)(H,19,21);2-9,20H,1H3,(H2,18,21);1-2H3. The van der Waals surface area contributed by atoms with Gasteiger partial charge in [-0.05, 0) is 71.1 Å². The van der Waals surface area contributed by atoms with Crippen LogP contribution < -0.4 is 11.5 Å². The number of primary amides is 2. The van der Waals surface area contributed by atoms with Crippen LogP contribution in [0, 0.1) is 6.92 Å². The quantitative estimate of drug-likeness (QED) is 0.172. The number of pyridine rings is 2. The normalized spacial score (nSPS) is 10.6. The monoisotopic (exact) mass is 596 g/mol. The SMILES string of the molecule is CC.Cc1c(O)cccc1-c1cc(C(N)=O)nc2ccccc12.NC(=O)c1cc(-c2cccc3[nH]ncc23)c2ccccc2n1. The molecule has 224 valence electrons. The van der Waals surface area contributed by atoms with Crippen molar-refractivity contribution in [3.8, 4) is 28.0 Å². The summed E-state index contributed by atoms with van der Waals surface area (Å²) in [7, 11) is 0. The number of hydrogen-bond donors (Lipinski definition) is 4. The van der Waals surface area contributed by atoms with E-state index in [4.69, 9.17) is 11.5 Å². The molecule has 0 radical (unpaired) electrons. The Kier molecular flexibility index (Phi) is 8.81. The van der Waals surface area contributed by atoms with E-state index in [2.05, 4.69) is 20.2 Å². The van der Waals surface area contributed by atoms with Gasteiger partial charge in [0.2, 0.25) is 0 Å². The number of phenolic OH excluding ortho intramolecular Hbond substituents is 1. The number of nitrogens with one attached hydrogen (secondary N) is 1. The van der Waals surface area contributed by atoms with Gasteiger partial charge in [0.05, 0.1) is 22.7 Å². The number of rotatable bonds is 4.